The third-order valence-electron chi connectivity index (χ3n) is 2.56. The molecule has 0 aromatic rings. The predicted octanol–water partition coefficient (Wildman–Crippen LogP) is 0.508. The summed E-state index contributed by atoms with van der Waals surface area (Å²) in [7, 11) is 0. The van der Waals surface area contributed by atoms with Gasteiger partial charge < -0.3 is 15.6 Å². The van der Waals surface area contributed by atoms with E-state index in [1.807, 2.05) is 6.92 Å². The van der Waals surface area contributed by atoms with Crippen molar-refractivity contribution in [1.29, 1.82) is 0 Å². The second kappa shape index (κ2) is 3.73. The van der Waals surface area contributed by atoms with E-state index < -0.39 is 6.10 Å². The third kappa shape index (κ3) is 1.97. The van der Waals surface area contributed by atoms with Crippen LogP contribution in [0.2, 0.25) is 0 Å². The van der Waals surface area contributed by atoms with Gasteiger partial charge in [-0.3, -0.25) is 0 Å². The van der Waals surface area contributed by atoms with Crippen molar-refractivity contribution in [3.8, 4) is 0 Å². The van der Waals surface area contributed by atoms with Crippen LogP contribution in [-0.2, 0) is 4.74 Å². The molecule has 0 bridgehead atoms. The van der Waals surface area contributed by atoms with E-state index in [-0.39, 0.29) is 18.2 Å². The summed E-state index contributed by atoms with van der Waals surface area (Å²) in [6.45, 7) is 6.10. The van der Waals surface area contributed by atoms with Gasteiger partial charge in [-0.25, -0.2) is 0 Å². The van der Waals surface area contributed by atoms with E-state index in [0.29, 0.717) is 5.92 Å². The summed E-state index contributed by atoms with van der Waals surface area (Å²) in [6, 6.07) is -0.124. The number of rotatable bonds is 1. The number of hydrogen-bond acceptors (Lipinski definition) is 3. The van der Waals surface area contributed by atoms with Gasteiger partial charge in [0, 0.05) is 6.04 Å². The predicted molar refractivity (Wildman–Crippen MR) is 47.8 cm³/mol. The van der Waals surface area contributed by atoms with Gasteiger partial charge in [0.2, 0.25) is 0 Å². The van der Waals surface area contributed by atoms with Crippen LogP contribution in [0.15, 0.2) is 0 Å². The second-order valence-corrected chi connectivity index (χ2v) is 4.01. The third-order valence-corrected chi connectivity index (χ3v) is 2.56. The summed E-state index contributed by atoms with van der Waals surface area (Å²) >= 11 is 0. The van der Waals surface area contributed by atoms with Crippen LogP contribution in [0.4, 0.5) is 0 Å². The molecule has 1 unspecified atom stereocenters. The van der Waals surface area contributed by atoms with Crippen LogP contribution < -0.4 is 5.73 Å². The number of hydrogen-bond donors (Lipinski definition) is 2. The van der Waals surface area contributed by atoms with Crippen molar-refractivity contribution in [1.82, 2.24) is 0 Å². The molecule has 3 N–H and O–H groups in total. The van der Waals surface area contributed by atoms with Crippen molar-refractivity contribution < 1.29 is 9.84 Å². The summed E-state index contributed by atoms with van der Waals surface area (Å²) in [5, 5.41) is 9.50. The fraction of sp³-hybridized carbons (Fsp3) is 1.00. The Morgan fingerprint density at radius 3 is 2.50 bits per heavy atom. The lowest BCUT2D eigenvalue weighted by atomic mass is 9.91. The van der Waals surface area contributed by atoms with Gasteiger partial charge in [-0.05, 0) is 19.3 Å². The van der Waals surface area contributed by atoms with Crippen molar-refractivity contribution in [2.45, 2.75) is 51.5 Å². The highest BCUT2D eigenvalue weighted by Gasteiger charge is 2.33. The summed E-state index contributed by atoms with van der Waals surface area (Å²) in [5.41, 5.74) is 5.77. The Morgan fingerprint density at radius 2 is 2.08 bits per heavy atom. The van der Waals surface area contributed by atoms with Gasteiger partial charge in [0.1, 0.15) is 0 Å². The standard InChI is InChI=1S/C9H19NO2/c1-5(2)8-4-7(10)9(11)6(3)12-8/h5-9,11H,4,10H2,1-3H3/t6?,7-,8-,9+/m1/s1. The number of ether oxygens (including phenoxy) is 1. The van der Waals surface area contributed by atoms with Crippen molar-refractivity contribution in [2.75, 3.05) is 0 Å². The lowest BCUT2D eigenvalue weighted by Gasteiger charge is -2.38. The quantitative estimate of drug-likeness (QED) is 0.607. The molecule has 3 nitrogen and oxygen atoms in total. The first-order valence-electron chi connectivity index (χ1n) is 4.61. The van der Waals surface area contributed by atoms with Crippen molar-refractivity contribution in [3.63, 3.8) is 0 Å². The zero-order valence-corrected chi connectivity index (χ0v) is 8.03. The van der Waals surface area contributed by atoms with Crippen LogP contribution in [0.3, 0.4) is 0 Å². The van der Waals surface area contributed by atoms with Gasteiger partial charge in [0.15, 0.2) is 0 Å². The normalized spacial score (nSPS) is 43.5. The number of nitrogens with two attached hydrogens (primary N) is 1. The van der Waals surface area contributed by atoms with Crippen LogP contribution >= 0.6 is 0 Å². The van der Waals surface area contributed by atoms with E-state index in [1.54, 1.807) is 0 Å². The summed E-state index contributed by atoms with van der Waals surface area (Å²) < 4.78 is 5.60. The van der Waals surface area contributed by atoms with Gasteiger partial charge in [-0.2, -0.15) is 0 Å². The number of aliphatic hydroxyl groups excluding tert-OH is 1. The summed E-state index contributed by atoms with van der Waals surface area (Å²) in [5.74, 6) is 0.478. The number of aliphatic hydroxyl groups is 1. The minimum absolute atomic E-state index is 0.124. The summed E-state index contributed by atoms with van der Waals surface area (Å²) in [4.78, 5) is 0. The van der Waals surface area contributed by atoms with Crippen molar-refractivity contribution in [2.24, 2.45) is 11.7 Å². The molecule has 0 radical (unpaired) electrons. The van der Waals surface area contributed by atoms with Crippen LogP contribution in [0.1, 0.15) is 27.2 Å². The molecule has 0 aromatic heterocycles. The minimum atomic E-state index is -0.500. The molecule has 1 aliphatic rings. The first kappa shape index (κ1) is 9.96. The molecule has 0 spiro atoms. The molecule has 3 heteroatoms. The first-order chi connectivity index (χ1) is 5.52. The molecule has 4 atom stereocenters. The van der Waals surface area contributed by atoms with Gasteiger partial charge in [-0.1, -0.05) is 13.8 Å². The van der Waals surface area contributed by atoms with Crippen LogP contribution in [-0.4, -0.2) is 29.5 Å². The van der Waals surface area contributed by atoms with Gasteiger partial charge in [0.25, 0.3) is 0 Å². The van der Waals surface area contributed by atoms with Crippen molar-refractivity contribution in [3.05, 3.63) is 0 Å². The molecule has 0 aromatic carbocycles. The molecule has 1 fully saturated rings. The molecule has 1 aliphatic heterocycles. The maximum atomic E-state index is 9.50. The molecule has 0 aliphatic carbocycles. The Morgan fingerprint density at radius 1 is 1.50 bits per heavy atom. The average molecular weight is 173 g/mol. The Balaban J connectivity index is 2.53. The molecular weight excluding hydrogens is 154 g/mol. The Hall–Kier alpha value is -0.120. The van der Waals surface area contributed by atoms with Gasteiger partial charge in [0.05, 0.1) is 18.3 Å². The first-order valence-corrected chi connectivity index (χ1v) is 4.61. The molecule has 72 valence electrons. The maximum absolute atomic E-state index is 9.50. The molecule has 0 saturated carbocycles. The Labute approximate surface area is 73.9 Å². The fourth-order valence-corrected chi connectivity index (χ4v) is 1.60. The molecule has 1 saturated heterocycles. The zero-order chi connectivity index (χ0) is 9.30. The highest BCUT2D eigenvalue weighted by molar-refractivity contribution is 4.86. The van der Waals surface area contributed by atoms with E-state index in [9.17, 15) is 5.11 Å². The minimum Gasteiger partial charge on any atom is -0.389 e. The average Bonchev–Trinajstić information content (AvgIpc) is 1.99. The molecule has 1 heterocycles. The molecular formula is C9H19NO2. The fourth-order valence-electron chi connectivity index (χ4n) is 1.60. The highest BCUT2D eigenvalue weighted by atomic mass is 16.5. The topological polar surface area (TPSA) is 55.5 Å². The van der Waals surface area contributed by atoms with E-state index >= 15 is 0 Å². The maximum Gasteiger partial charge on any atom is 0.0950 e. The van der Waals surface area contributed by atoms with E-state index in [0.717, 1.165) is 6.42 Å². The zero-order valence-electron chi connectivity index (χ0n) is 8.03. The monoisotopic (exact) mass is 173 g/mol. The molecule has 12 heavy (non-hydrogen) atoms. The van der Waals surface area contributed by atoms with Crippen molar-refractivity contribution >= 4 is 0 Å². The SMILES string of the molecule is CC(C)[C@H]1C[C@@H](N)[C@@H](O)C(C)O1. The molecule has 0 amide bonds. The highest BCUT2D eigenvalue weighted by Crippen LogP contribution is 2.23. The van der Waals surface area contributed by atoms with E-state index in [2.05, 4.69) is 13.8 Å². The molecule has 1 rings (SSSR count). The largest absolute Gasteiger partial charge is 0.389 e. The Bertz CT molecular complexity index is 137. The smallest absolute Gasteiger partial charge is 0.0950 e. The Kier molecular flexibility index (Phi) is 3.09. The second-order valence-electron chi connectivity index (χ2n) is 4.01. The van der Waals surface area contributed by atoms with Crippen LogP contribution in [0, 0.1) is 5.92 Å². The lowest BCUT2D eigenvalue weighted by Crippen LogP contribution is -2.52. The van der Waals surface area contributed by atoms with Crippen LogP contribution in [0.5, 0.6) is 0 Å². The van der Waals surface area contributed by atoms with Gasteiger partial charge >= 0.3 is 0 Å². The van der Waals surface area contributed by atoms with Crippen LogP contribution in [0.25, 0.3) is 0 Å². The van der Waals surface area contributed by atoms with E-state index in [1.165, 1.54) is 0 Å². The lowest BCUT2D eigenvalue weighted by molar-refractivity contribution is -0.131. The van der Waals surface area contributed by atoms with Gasteiger partial charge in [-0.15, -0.1) is 0 Å². The van der Waals surface area contributed by atoms with E-state index in [4.69, 9.17) is 10.5 Å². The summed E-state index contributed by atoms with van der Waals surface area (Å²) in [6.07, 6.45) is 0.350.